The summed E-state index contributed by atoms with van der Waals surface area (Å²) in [5, 5.41) is 15.7. The average Bonchev–Trinajstić information content (AvgIpc) is 2.90. The molecule has 0 atom stereocenters. The summed E-state index contributed by atoms with van der Waals surface area (Å²) in [4.78, 5) is 16.4. The van der Waals surface area contributed by atoms with Crippen LogP contribution < -0.4 is 5.32 Å². The number of thioether (sulfide) groups is 1. The smallest absolute Gasteiger partial charge is 0.221 e. The largest absolute Gasteiger partial charge is 0.394 e. The Morgan fingerprint density at radius 3 is 2.95 bits per heavy atom. The van der Waals surface area contributed by atoms with E-state index in [1.165, 1.54) is 0 Å². The molecule has 0 saturated carbocycles. The number of thiazole rings is 1. The third kappa shape index (κ3) is 5.25. The van der Waals surface area contributed by atoms with Crippen molar-refractivity contribution in [3.8, 4) is 0 Å². The molecule has 7 heteroatoms. The third-order valence-corrected chi connectivity index (χ3v) is 5.36. The maximum absolute atomic E-state index is 12.0. The summed E-state index contributed by atoms with van der Waals surface area (Å²) in [6.07, 6.45) is 1.83. The molecule has 0 aromatic carbocycles. The van der Waals surface area contributed by atoms with Gasteiger partial charge < -0.3 is 15.2 Å². The van der Waals surface area contributed by atoms with Crippen LogP contribution in [-0.4, -0.2) is 47.1 Å². The van der Waals surface area contributed by atoms with Gasteiger partial charge in [-0.3, -0.25) is 4.79 Å². The molecule has 0 radical (unpaired) electrons. The molecule has 0 aliphatic carbocycles. The number of aliphatic hydroxyl groups is 1. The number of nitrogens with one attached hydrogen (secondary N) is 1. The Hall–Kier alpha value is -0.630. The minimum atomic E-state index is -0.480. The van der Waals surface area contributed by atoms with Crippen molar-refractivity contribution in [1.82, 2.24) is 10.3 Å². The molecule has 5 nitrogen and oxygen atoms in total. The van der Waals surface area contributed by atoms with E-state index in [0.29, 0.717) is 32.5 Å². The van der Waals surface area contributed by atoms with Gasteiger partial charge in [0.2, 0.25) is 5.91 Å². The van der Waals surface area contributed by atoms with E-state index < -0.39 is 5.54 Å². The molecule has 1 amide bonds. The van der Waals surface area contributed by atoms with Crippen molar-refractivity contribution in [1.29, 1.82) is 0 Å². The molecule has 2 N–H and O–H groups in total. The van der Waals surface area contributed by atoms with Gasteiger partial charge in [0.05, 0.1) is 22.8 Å². The van der Waals surface area contributed by atoms with E-state index >= 15 is 0 Å². The van der Waals surface area contributed by atoms with Crippen LogP contribution in [0.25, 0.3) is 0 Å². The Bertz CT molecular complexity index is 459. The van der Waals surface area contributed by atoms with Crippen LogP contribution in [0.5, 0.6) is 0 Å². The van der Waals surface area contributed by atoms with E-state index in [9.17, 15) is 9.90 Å². The molecule has 0 bridgehead atoms. The predicted octanol–water partition coefficient (Wildman–Crippen LogP) is 1.73. The molecule has 2 rings (SSSR count). The highest BCUT2D eigenvalue weighted by atomic mass is 32.2. The number of aliphatic hydroxyl groups excluding tert-OH is 1. The number of rotatable bonds is 7. The van der Waals surface area contributed by atoms with Gasteiger partial charge in [0.15, 0.2) is 0 Å². The van der Waals surface area contributed by atoms with Gasteiger partial charge in [-0.1, -0.05) is 0 Å². The zero-order chi connectivity index (χ0) is 15.1. The first-order chi connectivity index (χ1) is 10.1. The van der Waals surface area contributed by atoms with E-state index in [-0.39, 0.29) is 12.5 Å². The monoisotopic (exact) mass is 330 g/mol. The summed E-state index contributed by atoms with van der Waals surface area (Å²) in [6, 6.07) is 0. The molecule has 1 saturated heterocycles. The number of ether oxygens (including phenoxy) is 1. The van der Waals surface area contributed by atoms with Crippen molar-refractivity contribution in [2.45, 2.75) is 37.5 Å². The lowest BCUT2D eigenvalue weighted by atomic mass is 9.91. The van der Waals surface area contributed by atoms with Crippen molar-refractivity contribution in [2.24, 2.45) is 0 Å². The molecule has 0 unspecified atom stereocenters. The molecule has 118 valence electrons. The minimum Gasteiger partial charge on any atom is -0.394 e. The van der Waals surface area contributed by atoms with E-state index in [1.54, 1.807) is 23.1 Å². The second-order valence-electron chi connectivity index (χ2n) is 5.26. The van der Waals surface area contributed by atoms with Crippen LogP contribution in [0.3, 0.4) is 0 Å². The summed E-state index contributed by atoms with van der Waals surface area (Å²) in [5.41, 5.74) is 0.602. The van der Waals surface area contributed by atoms with Gasteiger partial charge in [0.25, 0.3) is 0 Å². The van der Waals surface area contributed by atoms with Crippen molar-refractivity contribution in [3.63, 3.8) is 0 Å². The topological polar surface area (TPSA) is 71.5 Å². The van der Waals surface area contributed by atoms with Crippen LogP contribution >= 0.6 is 23.1 Å². The van der Waals surface area contributed by atoms with Crippen LogP contribution in [0.4, 0.5) is 0 Å². The summed E-state index contributed by atoms with van der Waals surface area (Å²) in [7, 11) is 0. The number of carbonyl (C=O) groups is 1. The van der Waals surface area contributed by atoms with Crippen LogP contribution in [0.2, 0.25) is 0 Å². The number of hydrogen-bond donors (Lipinski definition) is 2. The first-order valence-electron chi connectivity index (χ1n) is 7.12. The van der Waals surface area contributed by atoms with Crippen LogP contribution in [0.15, 0.2) is 5.38 Å². The van der Waals surface area contributed by atoms with E-state index in [0.717, 1.165) is 22.2 Å². The lowest BCUT2D eigenvalue weighted by Crippen LogP contribution is -2.54. The first-order valence-corrected chi connectivity index (χ1v) is 9.15. The van der Waals surface area contributed by atoms with Gasteiger partial charge in [-0.15, -0.1) is 11.3 Å². The molecular weight excluding hydrogens is 308 g/mol. The number of aromatic nitrogens is 1. The number of nitrogens with zero attached hydrogens (tertiary/aromatic N) is 1. The number of hydrogen-bond acceptors (Lipinski definition) is 6. The van der Waals surface area contributed by atoms with Crippen LogP contribution in [0.1, 0.15) is 30.0 Å². The second kappa shape index (κ2) is 8.12. The molecule has 1 aliphatic heterocycles. The van der Waals surface area contributed by atoms with Crippen molar-refractivity contribution in [2.75, 3.05) is 25.6 Å². The maximum atomic E-state index is 12.0. The molecule has 1 aliphatic rings. The van der Waals surface area contributed by atoms with Gasteiger partial charge in [0, 0.05) is 36.5 Å². The molecule has 1 fully saturated rings. The van der Waals surface area contributed by atoms with Crippen LogP contribution in [0, 0.1) is 6.92 Å². The molecule has 0 spiro atoms. The summed E-state index contributed by atoms with van der Waals surface area (Å²) < 4.78 is 5.29. The third-order valence-electron chi connectivity index (χ3n) is 3.55. The zero-order valence-electron chi connectivity index (χ0n) is 12.3. The Labute approximate surface area is 133 Å². The summed E-state index contributed by atoms with van der Waals surface area (Å²) in [6.45, 7) is 3.17. The fourth-order valence-electron chi connectivity index (χ4n) is 2.26. The van der Waals surface area contributed by atoms with E-state index in [2.05, 4.69) is 15.7 Å². The average molecular weight is 330 g/mol. The second-order valence-corrected chi connectivity index (χ2v) is 7.43. The van der Waals surface area contributed by atoms with Crippen molar-refractivity contribution < 1.29 is 14.6 Å². The number of amides is 1. The summed E-state index contributed by atoms with van der Waals surface area (Å²) in [5.74, 6) is 1.62. The highest BCUT2D eigenvalue weighted by Crippen LogP contribution is 2.21. The molecule has 1 aromatic heterocycles. The highest BCUT2D eigenvalue weighted by molar-refractivity contribution is 7.98. The lowest BCUT2D eigenvalue weighted by molar-refractivity contribution is -0.124. The maximum Gasteiger partial charge on any atom is 0.221 e. The van der Waals surface area contributed by atoms with Gasteiger partial charge in [-0.25, -0.2) is 4.98 Å². The van der Waals surface area contributed by atoms with Crippen LogP contribution in [-0.2, 0) is 15.3 Å². The quantitative estimate of drug-likeness (QED) is 0.745. The fourth-order valence-corrected chi connectivity index (χ4v) is 3.81. The number of carbonyl (C=O) groups excluding carboxylic acids is 1. The first kappa shape index (κ1) is 16.7. The Kier molecular flexibility index (Phi) is 6.47. The Balaban J connectivity index is 1.67. The SMILES string of the molecule is Cc1nc(CSCCC(=O)NC2(CO)CCOCC2)cs1. The minimum absolute atomic E-state index is 0.00732. The highest BCUT2D eigenvalue weighted by Gasteiger charge is 2.33. The standard InChI is InChI=1S/C14H22N2O3S2/c1-11-15-12(9-21-11)8-20-7-2-13(18)16-14(10-17)3-5-19-6-4-14/h9,17H,2-8,10H2,1H3,(H,16,18). The predicted molar refractivity (Wildman–Crippen MR) is 85.6 cm³/mol. The van der Waals surface area contributed by atoms with Gasteiger partial charge in [0.1, 0.15) is 0 Å². The molecule has 1 aromatic rings. The van der Waals surface area contributed by atoms with Gasteiger partial charge in [-0.05, 0) is 19.8 Å². The molecular formula is C14H22N2O3S2. The van der Waals surface area contributed by atoms with Gasteiger partial charge >= 0.3 is 0 Å². The normalized spacial score (nSPS) is 17.6. The summed E-state index contributed by atoms with van der Waals surface area (Å²) >= 11 is 3.36. The van der Waals surface area contributed by atoms with Crippen molar-refractivity contribution in [3.05, 3.63) is 16.1 Å². The number of aryl methyl sites for hydroxylation is 1. The van der Waals surface area contributed by atoms with E-state index in [4.69, 9.17) is 4.74 Å². The fraction of sp³-hybridized carbons (Fsp3) is 0.714. The Morgan fingerprint density at radius 1 is 1.57 bits per heavy atom. The van der Waals surface area contributed by atoms with Gasteiger partial charge in [-0.2, -0.15) is 11.8 Å². The lowest BCUT2D eigenvalue weighted by Gasteiger charge is -2.36. The molecule has 21 heavy (non-hydrogen) atoms. The van der Waals surface area contributed by atoms with E-state index in [1.807, 2.05) is 6.92 Å². The molecule has 2 heterocycles. The van der Waals surface area contributed by atoms with Crippen molar-refractivity contribution >= 4 is 29.0 Å². The zero-order valence-corrected chi connectivity index (χ0v) is 13.9. The Morgan fingerprint density at radius 2 is 2.33 bits per heavy atom.